The van der Waals surface area contributed by atoms with Crippen LogP contribution in [-0.2, 0) is 9.47 Å². The van der Waals surface area contributed by atoms with Crippen LogP contribution in [0.2, 0.25) is 5.15 Å². The SMILES string of the molecule is COCCCOC(=O)c1cc(Cl)ncc1N. The largest absolute Gasteiger partial charge is 0.462 e. The Labute approximate surface area is 98.5 Å². The van der Waals surface area contributed by atoms with Crippen molar-refractivity contribution in [2.24, 2.45) is 0 Å². The summed E-state index contributed by atoms with van der Waals surface area (Å²) < 4.78 is 9.81. The van der Waals surface area contributed by atoms with Crippen molar-refractivity contribution < 1.29 is 14.3 Å². The van der Waals surface area contributed by atoms with Gasteiger partial charge in [0.25, 0.3) is 0 Å². The minimum Gasteiger partial charge on any atom is -0.462 e. The van der Waals surface area contributed by atoms with Gasteiger partial charge in [-0.25, -0.2) is 9.78 Å². The molecule has 2 N–H and O–H groups in total. The molecule has 0 aliphatic rings. The Morgan fingerprint density at radius 3 is 3.00 bits per heavy atom. The minimum absolute atomic E-state index is 0.207. The second-order valence-corrected chi connectivity index (χ2v) is 3.46. The molecular weight excluding hydrogens is 232 g/mol. The number of carbonyl (C=O) groups excluding carboxylic acids is 1. The van der Waals surface area contributed by atoms with E-state index in [0.717, 1.165) is 0 Å². The summed E-state index contributed by atoms with van der Waals surface area (Å²) in [4.78, 5) is 15.3. The van der Waals surface area contributed by atoms with E-state index in [2.05, 4.69) is 4.98 Å². The zero-order valence-electron chi connectivity index (χ0n) is 8.90. The Balaban J connectivity index is 2.55. The fourth-order valence-corrected chi connectivity index (χ4v) is 1.22. The zero-order valence-corrected chi connectivity index (χ0v) is 9.66. The van der Waals surface area contributed by atoms with E-state index < -0.39 is 5.97 Å². The van der Waals surface area contributed by atoms with Gasteiger partial charge in [-0.05, 0) is 6.07 Å². The molecule has 0 radical (unpaired) electrons. The molecule has 0 aromatic carbocycles. The van der Waals surface area contributed by atoms with E-state index >= 15 is 0 Å². The fraction of sp³-hybridized carbons (Fsp3) is 0.400. The van der Waals surface area contributed by atoms with Gasteiger partial charge in [-0.15, -0.1) is 0 Å². The molecule has 0 saturated heterocycles. The van der Waals surface area contributed by atoms with Crippen LogP contribution in [-0.4, -0.2) is 31.3 Å². The molecule has 0 atom stereocenters. The van der Waals surface area contributed by atoms with Crippen LogP contribution < -0.4 is 5.73 Å². The van der Waals surface area contributed by atoms with Gasteiger partial charge in [0.2, 0.25) is 0 Å². The molecule has 16 heavy (non-hydrogen) atoms. The summed E-state index contributed by atoms with van der Waals surface area (Å²) in [6.07, 6.45) is 1.97. The summed E-state index contributed by atoms with van der Waals surface area (Å²) in [5, 5.41) is 0.207. The van der Waals surface area contributed by atoms with Crippen LogP contribution in [0.25, 0.3) is 0 Å². The molecule has 0 saturated carbocycles. The quantitative estimate of drug-likeness (QED) is 0.483. The van der Waals surface area contributed by atoms with Crippen LogP contribution >= 0.6 is 11.6 Å². The van der Waals surface area contributed by atoms with Crippen LogP contribution in [0.4, 0.5) is 5.69 Å². The lowest BCUT2D eigenvalue weighted by Crippen LogP contribution is -2.10. The van der Waals surface area contributed by atoms with Gasteiger partial charge in [-0.1, -0.05) is 11.6 Å². The Kier molecular flexibility index (Phi) is 5.01. The third-order valence-corrected chi connectivity index (χ3v) is 2.05. The molecule has 1 aromatic heterocycles. The van der Waals surface area contributed by atoms with E-state index in [1.54, 1.807) is 7.11 Å². The number of pyridine rings is 1. The van der Waals surface area contributed by atoms with Gasteiger partial charge in [-0.3, -0.25) is 0 Å². The summed E-state index contributed by atoms with van der Waals surface area (Å²) in [6.45, 7) is 0.825. The van der Waals surface area contributed by atoms with Crippen molar-refractivity contribution in [3.05, 3.63) is 23.0 Å². The van der Waals surface area contributed by atoms with E-state index in [1.807, 2.05) is 0 Å². The van der Waals surface area contributed by atoms with Gasteiger partial charge in [0.15, 0.2) is 0 Å². The number of nitrogens with two attached hydrogens (primary N) is 1. The van der Waals surface area contributed by atoms with Crippen LogP contribution in [0.15, 0.2) is 12.3 Å². The lowest BCUT2D eigenvalue weighted by Gasteiger charge is -2.06. The first kappa shape index (κ1) is 12.7. The van der Waals surface area contributed by atoms with Crippen LogP contribution in [0.5, 0.6) is 0 Å². The number of anilines is 1. The van der Waals surface area contributed by atoms with Crippen LogP contribution in [0, 0.1) is 0 Å². The molecule has 5 nitrogen and oxygen atoms in total. The first-order chi connectivity index (χ1) is 7.65. The molecule has 6 heteroatoms. The number of esters is 1. The third kappa shape index (κ3) is 3.67. The Hall–Kier alpha value is -1.33. The Morgan fingerprint density at radius 1 is 1.56 bits per heavy atom. The van der Waals surface area contributed by atoms with Crippen molar-refractivity contribution in [2.45, 2.75) is 6.42 Å². The average Bonchev–Trinajstić information content (AvgIpc) is 2.27. The third-order valence-electron chi connectivity index (χ3n) is 1.85. The number of nitrogen functional groups attached to an aromatic ring is 1. The highest BCUT2D eigenvalue weighted by Crippen LogP contribution is 2.15. The number of nitrogens with zero attached hydrogens (tertiary/aromatic N) is 1. The highest BCUT2D eigenvalue weighted by molar-refractivity contribution is 6.29. The number of halogens is 1. The van der Waals surface area contributed by atoms with Crippen molar-refractivity contribution in [3.8, 4) is 0 Å². The normalized spacial score (nSPS) is 10.1. The van der Waals surface area contributed by atoms with Crippen molar-refractivity contribution in [3.63, 3.8) is 0 Å². The van der Waals surface area contributed by atoms with E-state index in [1.165, 1.54) is 12.3 Å². The summed E-state index contributed by atoms with van der Waals surface area (Å²) in [5.41, 5.74) is 6.06. The van der Waals surface area contributed by atoms with Crippen molar-refractivity contribution >= 4 is 23.3 Å². The lowest BCUT2D eigenvalue weighted by molar-refractivity contribution is 0.0469. The Bertz CT molecular complexity index is 371. The Morgan fingerprint density at radius 2 is 2.31 bits per heavy atom. The standard InChI is InChI=1S/C10H13ClN2O3/c1-15-3-2-4-16-10(14)7-5-9(11)13-6-8(7)12/h5-6H,2-4,12H2,1H3. The van der Waals surface area contributed by atoms with Gasteiger partial charge in [0, 0.05) is 20.1 Å². The van der Waals surface area contributed by atoms with Crippen LogP contribution in [0.3, 0.4) is 0 Å². The van der Waals surface area contributed by atoms with Crippen molar-refractivity contribution in [1.82, 2.24) is 4.98 Å². The second kappa shape index (κ2) is 6.30. The summed E-state index contributed by atoms with van der Waals surface area (Å²) in [6, 6.07) is 1.38. The zero-order chi connectivity index (χ0) is 12.0. The number of rotatable bonds is 5. The predicted molar refractivity (Wildman–Crippen MR) is 60.4 cm³/mol. The van der Waals surface area contributed by atoms with Gasteiger partial charge in [0.1, 0.15) is 5.15 Å². The highest BCUT2D eigenvalue weighted by Gasteiger charge is 2.12. The number of aromatic nitrogens is 1. The number of ether oxygens (including phenoxy) is 2. The molecule has 0 bridgehead atoms. The molecule has 0 fully saturated rings. The van der Waals surface area contributed by atoms with Gasteiger partial charge >= 0.3 is 5.97 Å². The highest BCUT2D eigenvalue weighted by atomic mass is 35.5. The molecule has 88 valence electrons. The first-order valence-electron chi connectivity index (χ1n) is 4.72. The topological polar surface area (TPSA) is 74.4 Å². The number of hydrogen-bond donors (Lipinski definition) is 1. The van der Waals surface area contributed by atoms with E-state index in [-0.39, 0.29) is 23.0 Å². The van der Waals surface area contributed by atoms with E-state index in [0.29, 0.717) is 13.0 Å². The summed E-state index contributed by atoms with van der Waals surface area (Å²) >= 11 is 5.65. The van der Waals surface area contributed by atoms with Crippen molar-refractivity contribution in [1.29, 1.82) is 0 Å². The monoisotopic (exact) mass is 244 g/mol. The number of hydrogen-bond acceptors (Lipinski definition) is 5. The van der Waals surface area contributed by atoms with Crippen molar-refractivity contribution in [2.75, 3.05) is 26.1 Å². The maximum absolute atomic E-state index is 11.6. The molecule has 0 aliphatic carbocycles. The van der Waals surface area contributed by atoms with E-state index in [4.69, 9.17) is 26.8 Å². The first-order valence-corrected chi connectivity index (χ1v) is 5.10. The molecular formula is C10H13ClN2O3. The van der Waals surface area contributed by atoms with Gasteiger partial charge in [-0.2, -0.15) is 0 Å². The molecule has 0 spiro atoms. The van der Waals surface area contributed by atoms with Gasteiger partial charge in [0.05, 0.1) is 24.1 Å². The molecule has 0 unspecified atom stereocenters. The lowest BCUT2D eigenvalue weighted by atomic mass is 10.2. The maximum Gasteiger partial charge on any atom is 0.340 e. The maximum atomic E-state index is 11.6. The summed E-state index contributed by atoms with van der Waals surface area (Å²) in [7, 11) is 1.59. The molecule has 0 amide bonds. The smallest absolute Gasteiger partial charge is 0.340 e. The number of carbonyl (C=O) groups is 1. The second-order valence-electron chi connectivity index (χ2n) is 3.08. The van der Waals surface area contributed by atoms with E-state index in [9.17, 15) is 4.79 Å². The molecule has 1 aromatic rings. The summed E-state index contributed by atoms with van der Waals surface area (Å²) in [5.74, 6) is -0.502. The van der Waals surface area contributed by atoms with Gasteiger partial charge < -0.3 is 15.2 Å². The molecule has 1 rings (SSSR count). The molecule has 1 heterocycles. The average molecular weight is 245 g/mol. The fourth-order valence-electron chi connectivity index (χ4n) is 1.06. The predicted octanol–water partition coefficient (Wildman–Crippen LogP) is 1.51. The molecule has 0 aliphatic heterocycles. The number of methoxy groups -OCH3 is 1. The minimum atomic E-state index is -0.502. The van der Waals surface area contributed by atoms with Crippen LogP contribution in [0.1, 0.15) is 16.8 Å².